The fraction of sp³-hybridized carbons (Fsp3) is 0.200. The Balaban J connectivity index is 2.20. The Morgan fingerprint density at radius 1 is 1.21 bits per heavy atom. The van der Waals surface area contributed by atoms with Crippen molar-refractivity contribution in [3.8, 4) is 5.75 Å². The second-order valence-corrected chi connectivity index (χ2v) is 4.60. The van der Waals surface area contributed by atoms with Crippen molar-refractivity contribution in [2.75, 3.05) is 19.0 Å². The smallest absolute Gasteiger partial charge is 0.137 e. The molecule has 1 unspecified atom stereocenters. The third-order valence-corrected chi connectivity index (χ3v) is 3.22. The van der Waals surface area contributed by atoms with E-state index in [4.69, 9.17) is 22.1 Å². The summed E-state index contributed by atoms with van der Waals surface area (Å²) in [6.45, 7) is 0.484. The molecule has 0 bridgehead atoms. The zero-order valence-corrected chi connectivity index (χ0v) is 11.5. The van der Waals surface area contributed by atoms with Crippen LogP contribution in [0.5, 0.6) is 5.75 Å². The van der Waals surface area contributed by atoms with Crippen LogP contribution in [0.1, 0.15) is 11.6 Å². The topological polar surface area (TPSA) is 47.3 Å². The molecule has 19 heavy (non-hydrogen) atoms. The van der Waals surface area contributed by atoms with Gasteiger partial charge in [-0.05, 0) is 29.8 Å². The van der Waals surface area contributed by atoms with Gasteiger partial charge in [0.2, 0.25) is 0 Å². The van der Waals surface area contributed by atoms with Crippen LogP contribution in [-0.4, -0.2) is 13.7 Å². The second kappa shape index (κ2) is 6.45. The lowest BCUT2D eigenvalue weighted by Crippen LogP contribution is -2.20. The first-order valence-corrected chi connectivity index (χ1v) is 6.47. The number of anilines is 1. The maximum Gasteiger partial charge on any atom is 0.137 e. The number of hydrogen-bond acceptors (Lipinski definition) is 3. The summed E-state index contributed by atoms with van der Waals surface area (Å²) in [7, 11) is 1.60. The van der Waals surface area contributed by atoms with Crippen LogP contribution >= 0.6 is 11.6 Å². The average Bonchev–Trinajstić information content (AvgIpc) is 2.46. The zero-order valence-electron chi connectivity index (χ0n) is 10.8. The molecule has 0 aliphatic heterocycles. The van der Waals surface area contributed by atoms with Gasteiger partial charge in [0, 0.05) is 12.2 Å². The fourth-order valence-electron chi connectivity index (χ4n) is 1.91. The van der Waals surface area contributed by atoms with Crippen molar-refractivity contribution in [2.45, 2.75) is 6.04 Å². The predicted molar refractivity (Wildman–Crippen MR) is 79.9 cm³/mol. The summed E-state index contributed by atoms with van der Waals surface area (Å²) >= 11 is 6.14. The maximum atomic E-state index is 6.14. The molecule has 0 saturated carbocycles. The normalized spacial score (nSPS) is 11.9. The highest BCUT2D eigenvalue weighted by molar-refractivity contribution is 6.32. The summed E-state index contributed by atoms with van der Waals surface area (Å²) in [6.07, 6.45) is 0. The molecular weight excluding hydrogens is 260 g/mol. The molecular formula is C15H17ClN2O. The SMILES string of the molecule is COc1ccc(C(CN)Nc2ccccc2)cc1Cl. The fourth-order valence-corrected chi connectivity index (χ4v) is 2.18. The Morgan fingerprint density at radius 3 is 2.53 bits per heavy atom. The summed E-state index contributed by atoms with van der Waals surface area (Å²) in [5, 5.41) is 3.98. The number of ether oxygens (including phenoxy) is 1. The molecule has 100 valence electrons. The molecule has 3 N–H and O–H groups in total. The van der Waals surface area contributed by atoms with Gasteiger partial charge in [0.25, 0.3) is 0 Å². The van der Waals surface area contributed by atoms with Gasteiger partial charge >= 0.3 is 0 Å². The Labute approximate surface area is 118 Å². The van der Waals surface area contributed by atoms with Crippen molar-refractivity contribution in [2.24, 2.45) is 5.73 Å². The third-order valence-electron chi connectivity index (χ3n) is 2.93. The number of halogens is 1. The van der Waals surface area contributed by atoms with E-state index in [9.17, 15) is 0 Å². The monoisotopic (exact) mass is 276 g/mol. The molecule has 2 rings (SSSR count). The molecule has 0 spiro atoms. The van der Waals surface area contributed by atoms with E-state index in [1.807, 2.05) is 48.5 Å². The van der Waals surface area contributed by atoms with E-state index in [0.29, 0.717) is 17.3 Å². The lowest BCUT2D eigenvalue weighted by atomic mass is 10.1. The first-order chi connectivity index (χ1) is 9.24. The Hall–Kier alpha value is -1.71. The van der Waals surface area contributed by atoms with E-state index >= 15 is 0 Å². The van der Waals surface area contributed by atoms with Gasteiger partial charge in [0.1, 0.15) is 5.75 Å². The van der Waals surface area contributed by atoms with Gasteiger partial charge in [-0.3, -0.25) is 0 Å². The van der Waals surface area contributed by atoms with E-state index < -0.39 is 0 Å². The van der Waals surface area contributed by atoms with Crippen LogP contribution in [0.3, 0.4) is 0 Å². The minimum atomic E-state index is 0.0193. The van der Waals surface area contributed by atoms with Crippen molar-refractivity contribution in [1.29, 1.82) is 0 Å². The molecule has 0 heterocycles. The lowest BCUT2D eigenvalue weighted by Gasteiger charge is -2.19. The van der Waals surface area contributed by atoms with Gasteiger partial charge < -0.3 is 15.8 Å². The summed E-state index contributed by atoms with van der Waals surface area (Å²) in [6, 6.07) is 15.7. The minimum absolute atomic E-state index is 0.0193. The van der Waals surface area contributed by atoms with Crippen LogP contribution in [0.15, 0.2) is 48.5 Å². The van der Waals surface area contributed by atoms with Crippen LogP contribution in [0.2, 0.25) is 5.02 Å². The van der Waals surface area contributed by atoms with Crippen LogP contribution < -0.4 is 15.8 Å². The quantitative estimate of drug-likeness (QED) is 0.879. The summed E-state index contributed by atoms with van der Waals surface area (Å²) in [5.74, 6) is 0.667. The maximum absolute atomic E-state index is 6.14. The van der Waals surface area contributed by atoms with Crippen LogP contribution in [-0.2, 0) is 0 Å². The van der Waals surface area contributed by atoms with Crippen molar-refractivity contribution >= 4 is 17.3 Å². The van der Waals surface area contributed by atoms with E-state index in [1.165, 1.54) is 0 Å². The molecule has 0 fully saturated rings. The van der Waals surface area contributed by atoms with Crippen LogP contribution in [0.25, 0.3) is 0 Å². The molecule has 3 nitrogen and oxygen atoms in total. The highest BCUT2D eigenvalue weighted by Gasteiger charge is 2.11. The average molecular weight is 277 g/mol. The number of nitrogens with two attached hydrogens (primary N) is 1. The number of benzene rings is 2. The van der Waals surface area contributed by atoms with E-state index in [-0.39, 0.29) is 6.04 Å². The van der Waals surface area contributed by atoms with Gasteiger partial charge in [-0.1, -0.05) is 35.9 Å². The van der Waals surface area contributed by atoms with Crippen molar-refractivity contribution in [3.05, 3.63) is 59.1 Å². The van der Waals surface area contributed by atoms with Crippen molar-refractivity contribution in [1.82, 2.24) is 0 Å². The summed E-state index contributed by atoms with van der Waals surface area (Å²) in [4.78, 5) is 0. The van der Waals surface area contributed by atoms with E-state index in [1.54, 1.807) is 7.11 Å². The number of hydrogen-bond donors (Lipinski definition) is 2. The predicted octanol–water partition coefficient (Wildman–Crippen LogP) is 3.46. The second-order valence-electron chi connectivity index (χ2n) is 4.19. The first kappa shape index (κ1) is 13.7. The Kier molecular flexibility index (Phi) is 4.66. The van der Waals surface area contributed by atoms with Crippen molar-refractivity contribution in [3.63, 3.8) is 0 Å². The van der Waals surface area contributed by atoms with Gasteiger partial charge in [0.15, 0.2) is 0 Å². The first-order valence-electron chi connectivity index (χ1n) is 6.09. The van der Waals surface area contributed by atoms with Crippen molar-refractivity contribution < 1.29 is 4.74 Å². The molecule has 0 radical (unpaired) electrons. The largest absolute Gasteiger partial charge is 0.495 e. The number of para-hydroxylation sites is 1. The van der Waals surface area contributed by atoms with Crippen LogP contribution in [0, 0.1) is 0 Å². The zero-order chi connectivity index (χ0) is 13.7. The summed E-state index contributed by atoms with van der Waals surface area (Å²) < 4.78 is 5.15. The molecule has 2 aromatic carbocycles. The highest BCUT2D eigenvalue weighted by atomic mass is 35.5. The Bertz CT molecular complexity index is 531. The van der Waals surface area contributed by atoms with Crippen LogP contribution in [0.4, 0.5) is 5.69 Å². The number of rotatable bonds is 5. The summed E-state index contributed by atoms with van der Waals surface area (Å²) in [5.41, 5.74) is 7.91. The molecule has 0 amide bonds. The molecule has 0 saturated heterocycles. The molecule has 4 heteroatoms. The molecule has 0 aromatic heterocycles. The van der Waals surface area contributed by atoms with Gasteiger partial charge in [-0.2, -0.15) is 0 Å². The molecule has 0 aliphatic rings. The van der Waals surface area contributed by atoms with E-state index in [0.717, 1.165) is 11.3 Å². The van der Waals surface area contributed by atoms with Gasteiger partial charge in [-0.15, -0.1) is 0 Å². The number of nitrogens with one attached hydrogen (secondary N) is 1. The van der Waals surface area contributed by atoms with E-state index in [2.05, 4.69) is 5.32 Å². The number of methoxy groups -OCH3 is 1. The van der Waals surface area contributed by atoms with Gasteiger partial charge in [0.05, 0.1) is 18.2 Å². The lowest BCUT2D eigenvalue weighted by molar-refractivity contribution is 0.415. The molecule has 1 atom stereocenters. The third kappa shape index (κ3) is 3.40. The minimum Gasteiger partial charge on any atom is -0.495 e. The Morgan fingerprint density at radius 2 is 1.95 bits per heavy atom. The molecule has 0 aliphatic carbocycles. The molecule has 2 aromatic rings. The van der Waals surface area contributed by atoms with Gasteiger partial charge in [-0.25, -0.2) is 0 Å². The highest BCUT2D eigenvalue weighted by Crippen LogP contribution is 2.28. The standard InChI is InChI=1S/C15H17ClN2O/c1-19-15-8-7-11(9-13(15)16)14(10-17)18-12-5-3-2-4-6-12/h2-9,14,18H,10,17H2,1H3.